The maximum absolute atomic E-state index is 3.63. The summed E-state index contributed by atoms with van der Waals surface area (Å²) < 4.78 is 2.46. The highest BCUT2D eigenvalue weighted by Crippen LogP contribution is 1.98. The topological polar surface area (TPSA) is 39.3 Å². The zero-order valence-corrected chi connectivity index (χ0v) is 11.3. The summed E-state index contributed by atoms with van der Waals surface area (Å²) >= 11 is 0. The van der Waals surface area contributed by atoms with Gasteiger partial charge in [-0.3, -0.25) is 4.57 Å². The van der Waals surface area contributed by atoms with E-state index >= 15 is 0 Å². The summed E-state index contributed by atoms with van der Waals surface area (Å²) in [5, 5.41) is 0. The Morgan fingerprint density at radius 3 is 1.79 bits per heavy atom. The Balaban J connectivity index is 4.47. The third-order valence-corrected chi connectivity index (χ3v) is 6.38. The molecule has 0 unspecified atom stereocenters. The van der Waals surface area contributed by atoms with Crippen molar-refractivity contribution in [2.75, 3.05) is 33.7 Å². The second-order valence-electron chi connectivity index (χ2n) is 3.31. The average Bonchev–Trinajstić information content (AvgIpc) is 2.24. The number of nitrogens with zero attached hydrogens (tertiary/aromatic N) is 1. The fourth-order valence-corrected chi connectivity index (χ4v) is 4.75. The quantitative estimate of drug-likeness (QED) is 0.509. The van der Waals surface area contributed by atoms with Gasteiger partial charge in [0, 0.05) is 0 Å². The number of hydrogen-bond donors (Lipinski definition) is 3. The SMILES string of the molecule is CCCN[Si](NC)(NC)N(CC)CC. The van der Waals surface area contributed by atoms with Crippen molar-refractivity contribution in [3.05, 3.63) is 0 Å². The Kier molecular flexibility index (Phi) is 7.39. The molecule has 86 valence electrons. The van der Waals surface area contributed by atoms with Gasteiger partial charge in [-0.1, -0.05) is 20.8 Å². The summed E-state index contributed by atoms with van der Waals surface area (Å²) in [7, 11) is 2.25. The number of hydrogen-bond acceptors (Lipinski definition) is 4. The molecule has 0 bridgehead atoms. The first kappa shape index (κ1) is 14.1. The van der Waals surface area contributed by atoms with E-state index in [-0.39, 0.29) is 0 Å². The van der Waals surface area contributed by atoms with Gasteiger partial charge in [0.25, 0.3) is 0 Å². The third-order valence-electron chi connectivity index (χ3n) is 2.59. The molecular formula is C9H26N4Si. The minimum Gasteiger partial charge on any atom is -0.303 e. The van der Waals surface area contributed by atoms with Gasteiger partial charge in [0.05, 0.1) is 0 Å². The molecular weight excluding hydrogens is 192 g/mol. The fourth-order valence-electron chi connectivity index (χ4n) is 1.73. The maximum atomic E-state index is 3.63. The van der Waals surface area contributed by atoms with Crippen molar-refractivity contribution in [2.24, 2.45) is 0 Å². The molecule has 0 aromatic rings. The molecule has 0 atom stereocenters. The van der Waals surface area contributed by atoms with E-state index in [0.717, 1.165) is 19.6 Å². The molecule has 0 aliphatic heterocycles. The summed E-state index contributed by atoms with van der Waals surface area (Å²) in [5.41, 5.74) is 0. The molecule has 0 amide bonds. The lowest BCUT2D eigenvalue weighted by Crippen LogP contribution is -2.80. The number of nitrogens with one attached hydrogen (secondary N) is 3. The van der Waals surface area contributed by atoms with Crippen LogP contribution in [0.1, 0.15) is 27.2 Å². The van der Waals surface area contributed by atoms with Crippen LogP contribution in [-0.2, 0) is 0 Å². The highest BCUT2D eigenvalue weighted by Gasteiger charge is 2.36. The summed E-state index contributed by atoms with van der Waals surface area (Å²) in [5.74, 6) is 0. The average molecular weight is 218 g/mol. The van der Waals surface area contributed by atoms with E-state index in [0.29, 0.717) is 0 Å². The first-order chi connectivity index (χ1) is 6.70. The van der Waals surface area contributed by atoms with Crippen LogP contribution >= 0.6 is 0 Å². The van der Waals surface area contributed by atoms with Crippen LogP contribution in [0.3, 0.4) is 0 Å². The van der Waals surface area contributed by atoms with Crippen molar-refractivity contribution in [3.8, 4) is 0 Å². The van der Waals surface area contributed by atoms with E-state index < -0.39 is 8.72 Å². The summed E-state index contributed by atoms with van der Waals surface area (Å²) in [6, 6.07) is 0. The number of rotatable bonds is 8. The van der Waals surface area contributed by atoms with E-state index in [9.17, 15) is 0 Å². The second-order valence-corrected chi connectivity index (χ2v) is 6.72. The van der Waals surface area contributed by atoms with Crippen LogP contribution in [0.2, 0.25) is 0 Å². The Hall–Kier alpha value is 0.0569. The van der Waals surface area contributed by atoms with Crippen LogP contribution in [0.15, 0.2) is 0 Å². The van der Waals surface area contributed by atoms with Gasteiger partial charge >= 0.3 is 8.72 Å². The molecule has 0 radical (unpaired) electrons. The van der Waals surface area contributed by atoms with Crippen molar-refractivity contribution in [3.63, 3.8) is 0 Å². The lowest BCUT2D eigenvalue weighted by molar-refractivity contribution is 0.422. The molecule has 0 saturated carbocycles. The van der Waals surface area contributed by atoms with E-state index in [1.807, 2.05) is 14.1 Å². The standard InChI is InChI=1S/C9H26N4Si/c1-6-9-12-14(10-4,11-5)13(7-2)8-3/h10-12H,6-9H2,1-5H3. The van der Waals surface area contributed by atoms with Gasteiger partial charge in [0.15, 0.2) is 0 Å². The van der Waals surface area contributed by atoms with Crippen LogP contribution in [0.25, 0.3) is 0 Å². The predicted octanol–water partition coefficient (Wildman–Crippen LogP) is 0.202. The largest absolute Gasteiger partial charge is 0.368 e. The van der Waals surface area contributed by atoms with Crippen LogP contribution < -0.4 is 14.9 Å². The van der Waals surface area contributed by atoms with Gasteiger partial charge in [-0.05, 0) is 40.2 Å². The van der Waals surface area contributed by atoms with Gasteiger partial charge in [0.2, 0.25) is 0 Å². The van der Waals surface area contributed by atoms with Gasteiger partial charge < -0.3 is 14.9 Å². The van der Waals surface area contributed by atoms with Crippen LogP contribution in [0.4, 0.5) is 0 Å². The van der Waals surface area contributed by atoms with E-state index in [1.54, 1.807) is 0 Å². The predicted molar refractivity (Wildman–Crippen MR) is 65.1 cm³/mol. The molecule has 0 fully saturated rings. The molecule has 5 heteroatoms. The van der Waals surface area contributed by atoms with Crippen molar-refractivity contribution in [1.29, 1.82) is 0 Å². The smallest absolute Gasteiger partial charge is 0.303 e. The first-order valence-corrected chi connectivity index (χ1v) is 7.53. The molecule has 4 nitrogen and oxygen atoms in total. The van der Waals surface area contributed by atoms with E-state index in [4.69, 9.17) is 0 Å². The Morgan fingerprint density at radius 1 is 1.00 bits per heavy atom. The maximum Gasteiger partial charge on any atom is 0.368 e. The Morgan fingerprint density at radius 2 is 1.50 bits per heavy atom. The first-order valence-electron chi connectivity index (χ1n) is 5.58. The van der Waals surface area contributed by atoms with Crippen molar-refractivity contribution < 1.29 is 0 Å². The zero-order chi connectivity index (χ0) is 11.0. The van der Waals surface area contributed by atoms with Crippen LogP contribution in [-0.4, -0.2) is 47.0 Å². The van der Waals surface area contributed by atoms with Gasteiger partial charge in [-0.2, -0.15) is 0 Å². The summed E-state index contributed by atoms with van der Waals surface area (Å²) in [4.78, 5) is 10.5. The lowest BCUT2D eigenvalue weighted by atomic mass is 10.5. The molecule has 14 heavy (non-hydrogen) atoms. The molecule has 0 aromatic carbocycles. The second kappa shape index (κ2) is 7.36. The Labute approximate surface area is 89.8 Å². The van der Waals surface area contributed by atoms with Gasteiger partial charge in [-0.15, -0.1) is 0 Å². The minimum absolute atomic E-state index is 1.06. The fraction of sp³-hybridized carbons (Fsp3) is 1.00. The van der Waals surface area contributed by atoms with Crippen molar-refractivity contribution in [1.82, 2.24) is 19.5 Å². The Bertz CT molecular complexity index is 135. The molecule has 3 N–H and O–H groups in total. The van der Waals surface area contributed by atoms with Crippen LogP contribution in [0, 0.1) is 0 Å². The van der Waals surface area contributed by atoms with Crippen molar-refractivity contribution >= 4 is 8.72 Å². The molecule has 0 heterocycles. The molecule has 0 spiro atoms. The lowest BCUT2D eigenvalue weighted by Gasteiger charge is -2.39. The third kappa shape index (κ3) is 3.32. The monoisotopic (exact) mass is 218 g/mol. The summed E-state index contributed by atoms with van der Waals surface area (Å²) in [6.45, 7) is 9.80. The van der Waals surface area contributed by atoms with Gasteiger partial charge in [0.1, 0.15) is 0 Å². The molecule has 0 aliphatic carbocycles. The molecule has 0 saturated heterocycles. The van der Waals surface area contributed by atoms with E-state index in [1.165, 1.54) is 6.42 Å². The molecule has 0 aromatic heterocycles. The van der Waals surface area contributed by atoms with E-state index in [2.05, 4.69) is 40.3 Å². The summed E-state index contributed by atoms with van der Waals surface area (Å²) in [6.07, 6.45) is 1.17. The van der Waals surface area contributed by atoms with Gasteiger partial charge in [-0.25, -0.2) is 0 Å². The van der Waals surface area contributed by atoms with Crippen molar-refractivity contribution in [2.45, 2.75) is 27.2 Å². The van der Waals surface area contributed by atoms with Crippen LogP contribution in [0.5, 0.6) is 0 Å². The highest BCUT2D eigenvalue weighted by atomic mass is 28.4. The molecule has 0 rings (SSSR count). The highest BCUT2D eigenvalue weighted by molar-refractivity contribution is 6.69. The minimum atomic E-state index is -1.81. The molecule has 0 aliphatic rings. The normalized spacial score (nSPS) is 12.4. The zero-order valence-electron chi connectivity index (χ0n) is 10.3.